The first-order valence-electron chi connectivity index (χ1n) is 8.72. The largest absolute Gasteiger partial charge is 0.472 e. The van der Waals surface area contributed by atoms with Crippen molar-refractivity contribution in [2.45, 2.75) is 12.8 Å². The molecule has 2 aliphatic heterocycles. The van der Waals surface area contributed by atoms with E-state index >= 15 is 0 Å². The normalized spacial score (nSPS) is 17.3. The monoisotopic (exact) mass is 362 g/mol. The van der Waals surface area contributed by atoms with Crippen LogP contribution >= 0.6 is 0 Å². The van der Waals surface area contributed by atoms with E-state index in [1.807, 2.05) is 0 Å². The molecule has 0 aromatic carbocycles. The van der Waals surface area contributed by atoms with E-state index in [1.54, 1.807) is 9.80 Å². The van der Waals surface area contributed by atoms with Gasteiger partial charge in [0.25, 0.3) is 5.91 Å². The Morgan fingerprint density at radius 2 is 1.46 bits per heavy atom. The zero-order valence-corrected chi connectivity index (χ0v) is 14.5. The predicted molar refractivity (Wildman–Crippen MR) is 90.0 cm³/mol. The lowest BCUT2D eigenvalue weighted by Gasteiger charge is -2.35. The minimum absolute atomic E-state index is 0.120. The molecule has 0 spiro atoms. The van der Waals surface area contributed by atoms with E-state index in [0.29, 0.717) is 44.8 Å². The third kappa shape index (κ3) is 4.04. The van der Waals surface area contributed by atoms with Crippen LogP contribution in [0.3, 0.4) is 0 Å². The van der Waals surface area contributed by atoms with Crippen LogP contribution in [0, 0.1) is 0 Å². The molecule has 2 saturated heterocycles. The molecule has 4 amide bonds. The summed E-state index contributed by atoms with van der Waals surface area (Å²) in [4.78, 5) is 53.1. The highest BCUT2D eigenvalue weighted by Gasteiger charge is 2.31. The predicted octanol–water partition coefficient (Wildman–Crippen LogP) is -0.697. The number of carbonyl (C=O) groups is 4. The molecule has 3 heterocycles. The number of rotatable bonds is 3. The molecule has 2 fully saturated rings. The van der Waals surface area contributed by atoms with Gasteiger partial charge in [-0.2, -0.15) is 0 Å². The standard InChI is InChI=1S/C17H22N4O5/c22-14(11-18-15(23)13-3-10-26-12-13)19-6-8-21(9-7-19)17(25)16(24)20-4-1-2-5-20/h3,10,12H,1-2,4-9,11H2,(H,18,23). The molecule has 0 atom stereocenters. The van der Waals surface area contributed by atoms with Gasteiger partial charge in [-0.1, -0.05) is 0 Å². The number of likely N-dealkylation sites (tertiary alicyclic amines) is 1. The summed E-state index contributed by atoms with van der Waals surface area (Å²) in [6, 6.07) is 1.52. The molecule has 1 aromatic heterocycles. The van der Waals surface area contributed by atoms with Gasteiger partial charge >= 0.3 is 11.8 Å². The van der Waals surface area contributed by atoms with E-state index < -0.39 is 11.8 Å². The second-order valence-electron chi connectivity index (χ2n) is 6.37. The molecule has 26 heavy (non-hydrogen) atoms. The Morgan fingerprint density at radius 1 is 0.885 bits per heavy atom. The number of amides is 4. The maximum atomic E-state index is 12.3. The first kappa shape index (κ1) is 18.0. The summed E-state index contributed by atoms with van der Waals surface area (Å²) in [5.74, 6) is -1.54. The van der Waals surface area contributed by atoms with Crippen LogP contribution in [-0.4, -0.2) is 84.1 Å². The van der Waals surface area contributed by atoms with Gasteiger partial charge in [-0.05, 0) is 18.9 Å². The van der Waals surface area contributed by atoms with Crippen LogP contribution in [0.25, 0.3) is 0 Å². The Labute approximate surface area is 150 Å². The van der Waals surface area contributed by atoms with Crippen molar-refractivity contribution in [2.24, 2.45) is 0 Å². The second-order valence-corrected chi connectivity index (χ2v) is 6.37. The van der Waals surface area contributed by atoms with Crippen LogP contribution in [0.1, 0.15) is 23.2 Å². The minimum Gasteiger partial charge on any atom is -0.472 e. The lowest BCUT2D eigenvalue weighted by Crippen LogP contribution is -2.55. The summed E-state index contributed by atoms with van der Waals surface area (Å²) in [7, 11) is 0. The summed E-state index contributed by atoms with van der Waals surface area (Å²) < 4.78 is 4.82. The van der Waals surface area contributed by atoms with Crippen LogP contribution in [0.5, 0.6) is 0 Å². The van der Waals surface area contributed by atoms with Gasteiger partial charge in [0, 0.05) is 39.3 Å². The smallest absolute Gasteiger partial charge is 0.312 e. The average Bonchev–Trinajstić information content (AvgIpc) is 3.38. The molecule has 0 saturated carbocycles. The number of hydrogen-bond acceptors (Lipinski definition) is 5. The van der Waals surface area contributed by atoms with Gasteiger partial charge in [-0.3, -0.25) is 19.2 Å². The van der Waals surface area contributed by atoms with Crippen molar-refractivity contribution < 1.29 is 23.6 Å². The fourth-order valence-corrected chi connectivity index (χ4v) is 3.11. The van der Waals surface area contributed by atoms with E-state index in [0.717, 1.165) is 12.8 Å². The third-order valence-corrected chi connectivity index (χ3v) is 4.68. The van der Waals surface area contributed by atoms with Gasteiger partial charge in [0.1, 0.15) is 6.26 Å². The average molecular weight is 362 g/mol. The summed E-state index contributed by atoms with van der Waals surface area (Å²) in [5.41, 5.74) is 0.355. The van der Waals surface area contributed by atoms with E-state index in [2.05, 4.69) is 5.32 Å². The van der Waals surface area contributed by atoms with Crippen LogP contribution < -0.4 is 5.32 Å². The Balaban J connectivity index is 1.42. The third-order valence-electron chi connectivity index (χ3n) is 4.68. The number of nitrogens with one attached hydrogen (secondary N) is 1. The molecular formula is C17H22N4O5. The summed E-state index contributed by atoms with van der Waals surface area (Å²) in [5, 5.41) is 2.54. The highest BCUT2D eigenvalue weighted by atomic mass is 16.3. The highest BCUT2D eigenvalue weighted by molar-refractivity contribution is 6.35. The lowest BCUT2D eigenvalue weighted by molar-refractivity contribution is -0.153. The van der Waals surface area contributed by atoms with Crippen molar-refractivity contribution in [3.8, 4) is 0 Å². The van der Waals surface area contributed by atoms with Crippen molar-refractivity contribution in [2.75, 3.05) is 45.8 Å². The summed E-state index contributed by atoms with van der Waals surface area (Å²) in [6.45, 7) is 2.49. The van der Waals surface area contributed by atoms with Crippen molar-refractivity contribution in [1.29, 1.82) is 0 Å². The molecule has 0 unspecified atom stereocenters. The molecule has 9 heteroatoms. The fourth-order valence-electron chi connectivity index (χ4n) is 3.11. The number of hydrogen-bond donors (Lipinski definition) is 1. The number of carbonyl (C=O) groups excluding carboxylic acids is 4. The Morgan fingerprint density at radius 3 is 2.04 bits per heavy atom. The maximum Gasteiger partial charge on any atom is 0.312 e. The van der Waals surface area contributed by atoms with E-state index in [1.165, 1.54) is 23.5 Å². The molecule has 1 N–H and O–H groups in total. The van der Waals surface area contributed by atoms with Crippen molar-refractivity contribution in [1.82, 2.24) is 20.0 Å². The summed E-state index contributed by atoms with van der Waals surface area (Å²) >= 11 is 0. The number of furan rings is 1. The van der Waals surface area contributed by atoms with Gasteiger partial charge in [0.15, 0.2) is 0 Å². The van der Waals surface area contributed by atoms with E-state index in [-0.39, 0.29) is 18.4 Å². The number of piperazine rings is 1. The minimum atomic E-state index is -0.493. The zero-order chi connectivity index (χ0) is 18.5. The van der Waals surface area contributed by atoms with Crippen molar-refractivity contribution in [3.63, 3.8) is 0 Å². The molecule has 0 aliphatic carbocycles. The van der Waals surface area contributed by atoms with Crippen LogP contribution in [-0.2, 0) is 14.4 Å². The number of nitrogens with zero attached hydrogens (tertiary/aromatic N) is 3. The van der Waals surface area contributed by atoms with Gasteiger partial charge in [-0.25, -0.2) is 0 Å². The van der Waals surface area contributed by atoms with Gasteiger partial charge in [-0.15, -0.1) is 0 Å². The van der Waals surface area contributed by atoms with Crippen LogP contribution in [0.15, 0.2) is 23.0 Å². The lowest BCUT2D eigenvalue weighted by atomic mass is 10.2. The topological polar surface area (TPSA) is 103 Å². The molecule has 2 aliphatic rings. The van der Waals surface area contributed by atoms with Gasteiger partial charge in [0.05, 0.1) is 18.4 Å². The van der Waals surface area contributed by atoms with E-state index in [4.69, 9.17) is 4.42 Å². The first-order chi connectivity index (χ1) is 12.6. The molecular weight excluding hydrogens is 340 g/mol. The molecule has 0 bridgehead atoms. The molecule has 140 valence electrons. The highest BCUT2D eigenvalue weighted by Crippen LogP contribution is 2.10. The first-order valence-corrected chi connectivity index (χ1v) is 8.72. The quantitative estimate of drug-likeness (QED) is 0.717. The van der Waals surface area contributed by atoms with E-state index in [9.17, 15) is 19.2 Å². The van der Waals surface area contributed by atoms with Gasteiger partial charge < -0.3 is 24.4 Å². The molecule has 9 nitrogen and oxygen atoms in total. The zero-order valence-electron chi connectivity index (χ0n) is 14.5. The Bertz CT molecular complexity index is 673. The Kier molecular flexibility index (Phi) is 5.55. The molecule has 0 radical (unpaired) electrons. The van der Waals surface area contributed by atoms with Gasteiger partial charge in [0.2, 0.25) is 5.91 Å². The SMILES string of the molecule is O=C(NCC(=O)N1CCN(C(=O)C(=O)N2CCCC2)CC1)c1ccoc1. The summed E-state index contributed by atoms with van der Waals surface area (Å²) in [6.07, 6.45) is 4.57. The van der Waals surface area contributed by atoms with Crippen molar-refractivity contribution in [3.05, 3.63) is 24.2 Å². The fraction of sp³-hybridized carbons (Fsp3) is 0.529. The second kappa shape index (κ2) is 8.03. The Hall–Kier alpha value is -2.84. The molecule has 3 rings (SSSR count). The van der Waals surface area contributed by atoms with Crippen molar-refractivity contribution >= 4 is 23.6 Å². The molecule has 1 aromatic rings. The van der Waals surface area contributed by atoms with Crippen LogP contribution in [0.2, 0.25) is 0 Å². The maximum absolute atomic E-state index is 12.3. The van der Waals surface area contributed by atoms with Crippen LogP contribution in [0.4, 0.5) is 0 Å².